The quantitative estimate of drug-likeness (QED) is 0.749. The Balaban J connectivity index is 1.77. The van der Waals surface area contributed by atoms with Gasteiger partial charge in [0.05, 0.1) is 11.4 Å². The number of benzene rings is 2. The fourth-order valence-corrected chi connectivity index (χ4v) is 2.89. The molecule has 0 aliphatic carbocycles. The maximum absolute atomic E-state index is 12.6. The number of aryl methyl sites for hydroxylation is 1. The van der Waals surface area contributed by atoms with Gasteiger partial charge in [0.1, 0.15) is 0 Å². The second-order valence-electron chi connectivity index (χ2n) is 6.20. The van der Waals surface area contributed by atoms with Gasteiger partial charge in [-0.1, -0.05) is 18.2 Å². The molecule has 130 valence electrons. The third-order valence-corrected chi connectivity index (χ3v) is 4.32. The van der Waals surface area contributed by atoms with Gasteiger partial charge < -0.3 is 21.3 Å². The van der Waals surface area contributed by atoms with Gasteiger partial charge in [0, 0.05) is 24.3 Å². The summed E-state index contributed by atoms with van der Waals surface area (Å²) in [6.45, 7) is 3.39. The molecule has 0 radical (unpaired) electrons. The van der Waals surface area contributed by atoms with E-state index in [9.17, 15) is 9.59 Å². The first kappa shape index (κ1) is 16.8. The van der Waals surface area contributed by atoms with Crippen LogP contribution in [0.1, 0.15) is 28.8 Å². The zero-order chi connectivity index (χ0) is 17.8. The standard InChI is InChI=1S/C19H22N4O2/c1-13-8-9-14(20)12-15(13)18(24)21-16-6-2-3-7-17(16)22-19(25)23-10-4-5-11-23/h2-3,6-9,12H,4-5,10-11,20H2,1H3,(H,21,24)(H,22,25). The van der Waals surface area contributed by atoms with E-state index in [1.165, 1.54) is 0 Å². The second-order valence-corrected chi connectivity index (χ2v) is 6.20. The first-order valence-corrected chi connectivity index (χ1v) is 8.37. The van der Waals surface area contributed by atoms with E-state index in [2.05, 4.69) is 10.6 Å². The molecule has 2 aromatic rings. The first-order chi connectivity index (χ1) is 12.0. The summed E-state index contributed by atoms with van der Waals surface area (Å²) >= 11 is 0. The van der Waals surface area contributed by atoms with Crippen molar-refractivity contribution in [3.05, 3.63) is 53.6 Å². The lowest BCUT2D eigenvalue weighted by Crippen LogP contribution is -2.32. The van der Waals surface area contributed by atoms with E-state index in [-0.39, 0.29) is 11.9 Å². The highest BCUT2D eigenvalue weighted by Crippen LogP contribution is 2.24. The maximum Gasteiger partial charge on any atom is 0.321 e. The van der Waals surface area contributed by atoms with E-state index in [0.29, 0.717) is 22.6 Å². The SMILES string of the molecule is Cc1ccc(N)cc1C(=O)Nc1ccccc1NC(=O)N1CCCC1. The number of carbonyl (C=O) groups excluding carboxylic acids is 2. The number of nitrogens with zero attached hydrogens (tertiary/aromatic N) is 1. The highest BCUT2D eigenvalue weighted by Gasteiger charge is 2.19. The van der Waals surface area contributed by atoms with Crippen LogP contribution in [0, 0.1) is 6.92 Å². The smallest absolute Gasteiger partial charge is 0.321 e. The highest BCUT2D eigenvalue weighted by atomic mass is 16.2. The topological polar surface area (TPSA) is 87.5 Å². The van der Waals surface area contributed by atoms with Crippen molar-refractivity contribution in [3.63, 3.8) is 0 Å². The number of rotatable bonds is 3. The summed E-state index contributed by atoms with van der Waals surface area (Å²) in [5.41, 5.74) is 8.80. The van der Waals surface area contributed by atoms with Crippen molar-refractivity contribution < 1.29 is 9.59 Å². The number of para-hydroxylation sites is 2. The van der Waals surface area contributed by atoms with Crippen molar-refractivity contribution >= 4 is 29.0 Å². The molecule has 4 N–H and O–H groups in total. The van der Waals surface area contributed by atoms with Crippen LogP contribution in [0.15, 0.2) is 42.5 Å². The lowest BCUT2D eigenvalue weighted by Gasteiger charge is -2.18. The molecule has 6 heteroatoms. The molecule has 3 amide bonds. The molecule has 0 atom stereocenters. The van der Waals surface area contributed by atoms with Crippen molar-refractivity contribution in [1.82, 2.24) is 4.90 Å². The fourth-order valence-electron chi connectivity index (χ4n) is 2.89. The number of anilines is 3. The van der Waals surface area contributed by atoms with Gasteiger partial charge in [-0.2, -0.15) is 0 Å². The minimum atomic E-state index is -0.257. The van der Waals surface area contributed by atoms with Crippen LogP contribution in [0.3, 0.4) is 0 Å². The molecule has 1 aliphatic heterocycles. The zero-order valence-electron chi connectivity index (χ0n) is 14.2. The van der Waals surface area contributed by atoms with E-state index in [1.54, 1.807) is 29.2 Å². The summed E-state index contributed by atoms with van der Waals surface area (Å²) in [7, 11) is 0. The minimum Gasteiger partial charge on any atom is -0.399 e. The van der Waals surface area contributed by atoms with Crippen LogP contribution in [-0.2, 0) is 0 Å². The molecule has 0 bridgehead atoms. The predicted molar refractivity (Wildman–Crippen MR) is 99.8 cm³/mol. The molecule has 0 aromatic heterocycles. The van der Waals surface area contributed by atoms with Crippen LogP contribution in [0.5, 0.6) is 0 Å². The summed E-state index contributed by atoms with van der Waals surface area (Å²) in [5.74, 6) is -0.257. The molecule has 1 fully saturated rings. The van der Waals surface area contributed by atoms with Gasteiger partial charge in [0.15, 0.2) is 0 Å². The van der Waals surface area contributed by atoms with E-state index >= 15 is 0 Å². The van der Waals surface area contributed by atoms with Gasteiger partial charge in [-0.25, -0.2) is 4.79 Å². The normalized spacial score (nSPS) is 13.6. The number of nitrogen functional groups attached to an aromatic ring is 1. The Morgan fingerprint density at radius 1 is 1.00 bits per heavy atom. The molecular formula is C19H22N4O2. The summed E-state index contributed by atoms with van der Waals surface area (Å²) in [6.07, 6.45) is 2.06. The average Bonchev–Trinajstić information content (AvgIpc) is 3.13. The van der Waals surface area contributed by atoms with E-state index in [4.69, 9.17) is 5.73 Å². The number of nitrogens with one attached hydrogen (secondary N) is 2. The zero-order valence-corrected chi connectivity index (χ0v) is 14.2. The Hall–Kier alpha value is -3.02. The van der Waals surface area contributed by atoms with Crippen LogP contribution in [0.4, 0.5) is 21.9 Å². The fraction of sp³-hybridized carbons (Fsp3) is 0.263. The number of carbonyl (C=O) groups is 2. The van der Waals surface area contributed by atoms with E-state index < -0.39 is 0 Å². The largest absolute Gasteiger partial charge is 0.399 e. The third kappa shape index (κ3) is 3.91. The Labute approximate surface area is 147 Å². The second kappa shape index (κ2) is 7.25. The Kier molecular flexibility index (Phi) is 4.88. The van der Waals surface area contributed by atoms with E-state index in [1.807, 2.05) is 25.1 Å². The molecule has 0 unspecified atom stereocenters. The molecule has 3 rings (SSSR count). The highest BCUT2D eigenvalue weighted by molar-refractivity contribution is 6.08. The lowest BCUT2D eigenvalue weighted by molar-refractivity contribution is 0.102. The molecule has 1 heterocycles. The summed E-state index contributed by atoms with van der Waals surface area (Å²) < 4.78 is 0. The Morgan fingerprint density at radius 3 is 2.32 bits per heavy atom. The number of hydrogen-bond donors (Lipinski definition) is 3. The Bertz CT molecular complexity index is 798. The van der Waals surface area contributed by atoms with Crippen molar-refractivity contribution in [2.24, 2.45) is 0 Å². The molecule has 0 spiro atoms. The number of nitrogens with two attached hydrogens (primary N) is 1. The Morgan fingerprint density at radius 2 is 1.64 bits per heavy atom. The van der Waals surface area contributed by atoms with Gasteiger partial charge in [-0.15, -0.1) is 0 Å². The maximum atomic E-state index is 12.6. The van der Waals surface area contributed by atoms with Crippen LogP contribution in [0.2, 0.25) is 0 Å². The van der Waals surface area contributed by atoms with Crippen molar-refractivity contribution in [1.29, 1.82) is 0 Å². The monoisotopic (exact) mass is 338 g/mol. The average molecular weight is 338 g/mol. The van der Waals surface area contributed by atoms with Gasteiger partial charge in [0.2, 0.25) is 0 Å². The van der Waals surface area contributed by atoms with Crippen LogP contribution >= 0.6 is 0 Å². The van der Waals surface area contributed by atoms with Crippen LogP contribution < -0.4 is 16.4 Å². The lowest BCUT2D eigenvalue weighted by atomic mass is 10.1. The van der Waals surface area contributed by atoms with Crippen molar-refractivity contribution in [2.45, 2.75) is 19.8 Å². The molecule has 2 aromatic carbocycles. The van der Waals surface area contributed by atoms with E-state index in [0.717, 1.165) is 31.5 Å². The molecular weight excluding hydrogens is 316 g/mol. The summed E-state index contributed by atoms with van der Waals surface area (Å²) in [5, 5.41) is 5.75. The van der Waals surface area contributed by atoms with Crippen molar-refractivity contribution in [3.8, 4) is 0 Å². The number of urea groups is 1. The number of amides is 3. The third-order valence-electron chi connectivity index (χ3n) is 4.32. The number of hydrogen-bond acceptors (Lipinski definition) is 3. The van der Waals surface area contributed by atoms with Crippen LogP contribution in [-0.4, -0.2) is 29.9 Å². The van der Waals surface area contributed by atoms with Gasteiger partial charge >= 0.3 is 6.03 Å². The molecule has 1 aliphatic rings. The molecule has 6 nitrogen and oxygen atoms in total. The minimum absolute atomic E-state index is 0.140. The molecule has 0 saturated carbocycles. The summed E-state index contributed by atoms with van der Waals surface area (Å²) in [4.78, 5) is 26.7. The summed E-state index contributed by atoms with van der Waals surface area (Å²) in [6, 6.07) is 12.3. The van der Waals surface area contributed by atoms with Crippen LogP contribution in [0.25, 0.3) is 0 Å². The number of likely N-dealkylation sites (tertiary alicyclic amines) is 1. The molecule has 25 heavy (non-hydrogen) atoms. The predicted octanol–water partition coefficient (Wildman–Crippen LogP) is 3.46. The van der Waals surface area contributed by atoms with Gasteiger partial charge in [-0.3, -0.25) is 4.79 Å². The van der Waals surface area contributed by atoms with Crippen molar-refractivity contribution in [2.75, 3.05) is 29.5 Å². The van der Waals surface area contributed by atoms with Gasteiger partial charge in [-0.05, 0) is 49.6 Å². The first-order valence-electron chi connectivity index (χ1n) is 8.37. The molecule has 1 saturated heterocycles. The van der Waals surface area contributed by atoms with Gasteiger partial charge in [0.25, 0.3) is 5.91 Å².